The fraction of sp³-hybridized carbons (Fsp3) is 0.350. The van der Waals surface area contributed by atoms with E-state index in [1.807, 2.05) is 0 Å². The Morgan fingerprint density at radius 2 is 1.83 bits per heavy atom. The fourth-order valence-electron chi connectivity index (χ4n) is 3.84. The highest BCUT2D eigenvalue weighted by Gasteiger charge is 2.44. The van der Waals surface area contributed by atoms with E-state index >= 15 is 0 Å². The Morgan fingerprint density at radius 3 is 2.55 bits per heavy atom. The second kappa shape index (κ2) is 7.16. The zero-order chi connectivity index (χ0) is 19.8. The third-order valence-corrected chi connectivity index (χ3v) is 5.51. The van der Waals surface area contributed by atoms with Crippen LogP contribution in [0.1, 0.15) is 12.3 Å². The van der Waals surface area contributed by atoms with Crippen molar-refractivity contribution in [2.75, 3.05) is 18.0 Å². The molecule has 0 bridgehead atoms. The molecule has 1 aromatic carbocycles. The fourth-order valence-corrected chi connectivity index (χ4v) is 3.84. The lowest BCUT2D eigenvalue weighted by Crippen LogP contribution is -2.22. The molecule has 4 heterocycles. The van der Waals surface area contributed by atoms with Crippen LogP contribution in [-0.4, -0.2) is 42.3 Å². The third kappa shape index (κ3) is 3.51. The first kappa shape index (κ1) is 17.6. The van der Waals surface area contributed by atoms with Crippen LogP contribution in [0.3, 0.4) is 0 Å². The second-order valence-corrected chi connectivity index (χ2v) is 7.54. The number of nitrogens with zero attached hydrogens (tertiary/aromatic N) is 7. The van der Waals surface area contributed by atoms with E-state index in [0.717, 1.165) is 11.8 Å². The van der Waals surface area contributed by atoms with E-state index in [-0.39, 0.29) is 12.1 Å². The molecule has 1 saturated carbocycles. The molecule has 0 radical (unpaired) electrons. The van der Waals surface area contributed by atoms with Crippen LogP contribution in [0.5, 0.6) is 0 Å². The van der Waals surface area contributed by atoms with Gasteiger partial charge in [0.15, 0.2) is 17.5 Å². The smallest absolute Gasteiger partial charge is 0.280 e. The van der Waals surface area contributed by atoms with E-state index in [0.29, 0.717) is 17.1 Å². The summed E-state index contributed by atoms with van der Waals surface area (Å²) in [6.07, 6.45) is 5.75. The van der Waals surface area contributed by atoms with Crippen molar-refractivity contribution >= 4 is 16.9 Å². The van der Waals surface area contributed by atoms with Crippen LogP contribution in [0.15, 0.2) is 58.6 Å². The number of piperidine rings is 1. The van der Waals surface area contributed by atoms with Gasteiger partial charge in [-0.2, -0.15) is 4.98 Å². The number of aryl methyl sites for hydroxylation is 1. The lowest BCUT2D eigenvalue weighted by atomic mass is 10.3. The molecular formula is C20H21N7O2. The maximum atomic E-state index is 12.1. The van der Waals surface area contributed by atoms with Crippen molar-refractivity contribution in [1.29, 1.82) is 0 Å². The molecule has 148 valence electrons. The summed E-state index contributed by atoms with van der Waals surface area (Å²) in [6.45, 7) is 2.80. The van der Waals surface area contributed by atoms with Gasteiger partial charge in [0.2, 0.25) is 5.89 Å². The molecule has 3 aromatic heterocycles. The van der Waals surface area contributed by atoms with Gasteiger partial charge in [0, 0.05) is 25.8 Å². The van der Waals surface area contributed by atoms with Crippen molar-refractivity contribution in [2.24, 2.45) is 18.9 Å². The molecule has 1 aliphatic carbocycles. The molecule has 9 heteroatoms. The number of anilines is 1. The van der Waals surface area contributed by atoms with Crippen molar-refractivity contribution in [2.45, 2.75) is 13.0 Å². The Balaban J connectivity index is 0.000000132. The number of hydrogen-bond donors (Lipinski definition) is 0. The highest BCUT2D eigenvalue weighted by atomic mass is 16.5. The molecule has 1 saturated heterocycles. The minimum Gasteiger partial charge on any atom is -0.371 e. The Labute approximate surface area is 166 Å². The number of fused-ring (bicyclic) bond motifs is 2. The van der Waals surface area contributed by atoms with Crippen LogP contribution < -0.4 is 10.5 Å². The highest BCUT2D eigenvalue weighted by Crippen LogP contribution is 2.46. The minimum atomic E-state index is -0.187. The summed E-state index contributed by atoms with van der Waals surface area (Å²) in [5.74, 6) is 2.42. The molecule has 1 aliphatic heterocycles. The van der Waals surface area contributed by atoms with Gasteiger partial charge in [0.05, 0.1) is 6.33 Å². The summed E-state index contributed by atoms with van der Waals surface area (Å²) >= 11 is 0. The molecule has 2 aliphatic rings. The molecule has 2 fully saturated rings. The Hall–Kier alpha value is -3.49. The van der Waals surface area contributed by atoms with Gasteiger partial charge < -0.3 is 14.0 Å². The van der Waals surface area contributed by atoms with E-state index in [1.165, 1.54) is 42.4 Å². The summed E-state index contributed by atoms with van der Waals surface area (Å²) in [6, 6.07) is 10.8. The molecule has 4 aromatic rings. The Kier molecular flexibility index (Phi) is 4.34. The minimum absolute atomic E-state index is 0.187. The van der Waals surface area contributed by atoms with E-state index in [4.69, 9.17) is 4.52 Å². The average Bonchev–Trinajstić information content (AvgIpc) is 3.15. The number of imidazole rings is 1. The standard InChI is InChI=1S/C11H13N.C9H8N6O2/c1-2-4-11(5-3-1)12-7-9-6-10(9)8-12;1-14-4-11-8-7(14)9(16)15(5-12-8)2-6-10-3-13-17-6/h1-5,9-10H,6-8H2;3-5H,2H2,1H3. The van der Waals surface area contributed by atoms with E-state index in [2.05, 4.69) is 55.3 Å². The molecule has 0 N–H and O–H groups in total. The lowest BCUT2D eigenvalue weighted by Gasteiger charge is -2.19. The topological polar surface area (TPSA) is 94.9 Å². The number of rotatable bonds is 3. The molecule has 2 unspecified atom stereocenters. The maximum absolute atomic E-state index is 12.1. The first-order chi connectivity index (χ1) is 14.2. The first-order valence-electron chi connectivity index (χ1n) is 9.61. The predicted molar refractivity (Wildman–Crippen MR) is 106 cm³/mol. The Morgan fingerprint density at radius 1 is 1.07 bits per heavy atom. The predicted octanol–water partition coefficient (Wildman–Crippen LogP) is 1.70. The largest absolute Gasteiger partial charge is 0.371 e. The van der Waals surface area contributed by atoms with Crippen LogP contribution in [0.4, 0.5) is 5.69 Å². The van der Waals surface area contributed by atoms with Gasteiger partial charge >= 0.3 is 0 Å². The normalized spacial score (nSPS) is 19.7. The van der Waals surface area contributed by atoms with Crippen molar-refractivity contribution < 1.29 is 4.52 Å². The molecular weight excluding hydrogens is 370 g/mol. The van der Waals surface area contributed by atoms with E-state index in [9.17, 15) is 4.79 Å². The molecule has 6 rings (SSSR count). The average molecular weight is 391 g/mol. The Bertz CT molecular complexity index is 1160. The summed E-state index contributed by atoms with van der Waals surface area (Å²) in [7, 11) is 1.75. The zero-order valence-corrected chi connectivity index (χ0v) is 16.0. The lowest BCUT2D eigenvalue weighted by molar-refractivity contribution is 0.368. The van der Waals surface area contributed by atoms with Gasteiger partial charge in [-0.15, -0.1) is 0 Å². The second-order valence-electron chi connectivity index (χ2n) is 7.54. The van der Waals surface area contributed by atoms with Gasteiger partial charge in [-0.1, -0.05) is 23.4 Å². The van der Waals surface area contributed by atoms with E-state index in [1.54, 1.807) is 17.9 Å². The van der Waals surface area contributed by atoms with Crippen LogP contribution >= 0.6 is 0 Å². The number of para-hydroxylation sites is 1. The number of benzene rings is 1. The summed E-state index contributed by atoms with van der Waals surface area (Å²) in [5, 5.41) is 3.48. The van der Waals surface area contributed by atoms with Gasteiger partial charge in [0.1, 0.15) is 12.9 Å². The van der Waals surface area contributed by atoms with Crippen molar-refractivity contribution in [3.8, 4) is 0 Å². The number of hydrogen-bond acceptors (Lipinski definition) is 7. The molecule has 0 spiro atoms. The van der Waals surface area contributed by atoms with Crippen LogP contribution in [-0.2, 0) is 13.6 Å². The van der Waals surface area contributed by atoms with Crippen molar-refractivity contribution in [1.82, 2.24) is 29.2 Å². The monoisotopic (exact) mass is 391 g/mol. The number of aromatic nitrogens is 6. The maximum Gasteiger partial charge on any atom is 0.280 e. The van der Waals surface area contributed by atoms with Crippen LogP contribution in [0.25, 0.3) is 11.2 Å². The molecule has 0 amide bonds. The first-order valence-corrected chi connectivity index (χ1v) is 9.61. The van der Waals surface area contributed by atoms with Gasteiger partial charge in [0.25, 0.3) is 5.56 Å². The highest BCUT2D eigenvalue weighted by molar-refractivity contribution is 5.68. The third-order valence-electron chi connectivity index (χ3n) is 5.51. The van der Waals surface area contributed by atoms with Gasteiger partial charge in [-0.05, 0) is 30.4 Å². The van der Waals surface area contributed by atoms with Crippen LogP contribution in [0, 0.1) is 11.8 Å². The summed E-state index contributed by atoms with van der Waals surface area (Å²) in [4.78, 5) is 26.6. The molecule has 2 atom stereocenters. The molecule has 9 nitrogen and oxygen atoms in total. The van der Waals surface area contributed by atoms with Crippen molar-refractivity contribution in [3.05, 3.63) is 65.6 Å². The van der Waals surface area contributed by atoms with Crippen molar-refractivity contribution in [3.63, 3.8) is 0 Å². The van der Waals surface area contributed by atoms with Gasteiger partial charge in [-0.25, -0.2) is 9.97 Å². The zero-order valence-electron chi connectivity index (χ0n) is 16.0. The van der Waals surface area contributed by atoms with Gasteiger partial charge in [-0.3, -0.25) is 9.36 Å². The van der Waals surface area contributed by atoms with Crippen LogP contribution in [0.2, 0.25) is 0 Å². The SMILES string of the molecule is Cn1cnc2ncn(Cc3ncno3)c(=O)c21.c1ccc(N2CC3CC3C2)cc1. The summed E-state index contributed by atoms with van der Waals surface area (Å²) in [5.41, 5.74) is 2.10. The summed E-state index contributed by atoms with van der Waals surface area (Å²) < 4.78 is 7.88. The van der Waals surface area contributed by atoms with E-state index < -0.39 is 0 Å². The quantitative estimate of drug-likeness (QED) is 0.525. The molecule has 29 heavy (non-hydrogen) atoms.